The summed E-state index contributed by atoms with van der Waals surface area (Å²) in [7, 11) is 0. The van der Waals surface area contributed by atoms with Gasteiger partial charge in [-0.2, -0.15) is 0 Å². The van der Waals surface area contributed by atoms with E-state index in [9.17, 15) is 19.7 Å². The number of nitrogens with zero attached hydrogens (tertiary/aromatic N) is 3. The molecule has 1 atom stereocenters. The zero-order chi connectivity index (χ0) is 20.1. The van der Waals surface area contributed by atoms with Crippen molar-refractivity contribution in [3.8, 4) is 0 Å². The fourth-order valence-electron chi connectivity index (χ4n) is 3.01. The smallest absolute Gasteiger partial charge is 0.273 e. The molecule has 10 nitrogen and oxygen atoms in total. The first-order chi connectivity index (χ1) is 13.4. The molecule has 2 amide bonds. The molecule has 1 saturated heterocycles. The number of benzene rings is 1. The molecule has 0 unspecified atom stereocenters. The fourth-order valence-corrected chi connectivity index (χ4v) is 3.01. The molecule has 1 N–H and O–H groups in total. The molecular formula is C18H20N4O6. The standard InChI is InChI=1S/C18H20N4O6/c1-12-4-5-13(9-15(12)22(25)26)18(24)21(10-14-3-2-7-27-14)11-17(23)19-16-6-8-28-20-16/h4-6,8-9,14H,2-3,7,10-11H2,1H3,(H,19,20,23)/t14-/m1/s1. The quantitative estimate of drug-likeness (QED) is 0.568. The van der Waals surface area contributed by atoms with Crippen LogP contribution in [0.15, 0.2) is 35.1 Å². The first-order valence-electron chi connectivity index (χ1n) is 8.80. The summed E-state index contributed by atoms with van der Waals surface area (Å²) >= 11 is 0. The van der Waals surface area contributed by atoms with Crippen molar-refractivity contribution in [2.45, 2.75) is 25.9 Å². The van der Waals surface area contributed by atoms with E-state index >= 15 is 0 Å². The minimum Gasteiger partial charge on any atom is -0.376 e. The summed E-state index contributed by atoms with van der Waals surface area (Å²) in [5, 5.41) is 17.3. The fraction of sp³-hybridized carbons (Fsp3) is 0.389. The Morgan fingerprint density at radius 2 is 2.21 bits per heavy atom. The summed E-state index contributed by atoms with van der Waals surface area (Å²) in [6.07, 6.45) is 2.80. The highest BCUT2D eigenvalue weighted by molar-refractivity contribution is 5.99. The first-order valence-corrected chi connectivity index (χ1v) is 8.80. The molecule has 0 saturated carbocycles. The average Bonchev–Trinajstić information content (AvgIpc) is 3.35. The maximum atomic E-state index is 13.0. The van der Waals surface area contributed by atoms with Gasteiger partial charge in [0.25, 0.3) is 11.6 Å². The van der Waals surface area contributed by atoms with Gasteiger partial charge in [-0.25, -0.2) is 0 Å². The molecule has 0 spiro atoms. The largest absolute Gasteiger partial charge is 0.376 e. The minimum absolute atomic E-state index is 0.143. The van der Waals surface area contributed by atoms with Crippen LogP contribution in [0.1, 0.15) is 28.8 Å². The molecule has 1 aliphatic rings. The number of rotatable bonds is 7. The van der Waals surface area contributed by atoms with Gasteiger partial charge in [0.05, 0.1) is 11.0 Å². The number of nitro benzene ring substituents is 1. The summed E-state index contributed by atoms with van der Waals surface area (Å²) < 4.78 is 10.2. The van der Waals surface area contributed by atoms with Crippen LogP contribution in [-0.2, 0) is 9.53 Å². The number of nitrogens with one attached hydrogen (secondary N) is 1. The molecule has 1 fully saturated rings. The Labute approximate surface area is 160 Å². The summed E-state index contributed by atoms with van der Waals surface area (Å²) in [6.45, 7) is 2.18. The van der Waals surface area contributed by atoms with Crippen molar-refractivity contribution in [2.75, 3.05) is 25.0 Å². The Morgan fingerprint density at radius 1 is 1.39 bits per heavy atom. The number of ether oxygens (including phenoxy) is 1. The van der Waals surface area contributed by atoms with Crippen LogP contribution in [0.3, 0.4) is 0 Å². The van der Waals surface area contributed by atoms with Crippen LogP contribution >= 0.6 is 0 Å². The summed E-state index contributed by atoms with van der Waals surface area (Å²) in [6, 6.07) is 5.75. The second kappa shape index (κ2) is 8.61. The SMILES string of the molecule is Cc1ccc(C(=O)N(CC(=O)Nc2ccon2)C[C@H]2CCCO2)cc1[N+](=O)[O-]. The summed E-state index contributed by atoms with van der Waals surface area (Å²) in [5.41, 5.74) is 0.454. The van der Waals surface area contributed by atoms with E-state index in [-0.39, 0.29) is 36.3 Å². The number of carbonyl (C=O) groups excluding carboxylic acids is 2. The third kappa shape index (κ3) is 4.71. The van der Waals surface area contributed by atoms with Crippen molar-refractivity contribution in [3.63, 3.8) is 0 Å². The van der Waals surface area contributed by atoms with Crippen molar-refractivity contribution in [2.24, 2.45) is 0 Å². The van der Waals surface area contributed by atoms with Gasteiger partial charge in [-0.3, -0.25) is 19.7 Å². The van der Waals surface area contributed by atoms with Crippen molar-refractivity contribution < 1.29 is 23.8 Å². The van der Waals surface area contributed by atoms with Gasteiger partial charge < -0.3 is 19.5 Å². The zero-order valence-corrected chi connectivity index (χ0v) is 15.3. The average molecular weight is 388 g/mol. The number of nitro groups is 1. The molecule has 3 rings (SSSR count). The van der Waals surface area contributed by atoms with E-state index in [1.165, 1.54) is 35.4 Å². The van der Waals surface area contributed by atoms with E-state index in [1.807, 2.05) is 0 Å². The Kier molecular flexibility index (Phi) is 5.99. The lowest BCUT2D eigenvalue weighted by Gasteiger charge is -2.25. The molecule has 28 heavy (non-hydrogen) atoms. The molecule has 0 radical (unpaired) electrons. The minimum atomic E-state index is -0.534. The second-order valence-electron chi connectivity index (χ2n) is 6.51. The van der Waals surface area contributed by atoms with E-state index in [2.05, 4.69) is 15.0 Å². The van der Waals surface area contributed by atoms with Crippen LogP contribution in [0.25, 0.3) is 0 Å². The lowest BCUT2D eigenvalue weighted by atomic mass is 10.1. The van der Waals surface area contributed by atoms with E-state index in [1.54, 1.807) is 6.92 Å². The van der Waals surface area contributed by atoms with Gasteiger partial charge in [-0.1, -0.05) is 11.2 Å². The lowest BCUT2D eigenvalue weighted by molar-refractivity contribution is -0.385. The van der Waals surface area contributed by atoms with Crippen LogP contribution in [-0.4, -0.2) is 52.6 Å². The van der Waals surface area contributed by atoms with Crippen molar-refractivity contribution in [1.29, 1.82) is 0 Å². The van der Waals surface area contributed by atoms with E-state index in [4.69, 9.17) is 4.74 Å². The zero-order valence-electron chi connectivity index (χ0n) is 15.3. The normalized spacial score (nSPS) is 16.0. The van der Waals surface area contributed by atoms with Gasteiger partial charge in [-0.15, -0.1) is 0 Å². The predicted octanol–water partition coefficient (Wildman–Crippen LogP) is 2.15. The van der Waals surface area contributed by atoms with Crippen molar-refractivity contribution in [1.82, 2.24) is 10.1 Å². The molecule has 10 heteroatoms. The number of aromatic nitrogens is 1. The van der Waals surface area contributed by atoms with E-state index in [0.717, 1.165) is 12.8 Å². The molecule has 1 aromatic heterocycles. The highest BCUT2D eigenvalue weighted by Gasteiger charge is 2.26. The second-order valence-corrected chi connectivity index (χ2v) is 6.51. The summed E-state index contributed by atoms with van der Waals surface area (Å²) in [5.74, 6) is -0.698. The highest BCUT2D eigenvalue weighted by Crippen LogP contribution is 2.21. The molecule has 148 valence electrons. The molecule has 0 bridgehead atoms. The van der Waals surface area contributed by atoms with E-state index < -0.39 is 16.7 Å². The Morgan fingerprint density at radius 3 is 2.86 bits per heavy atom. The molecule has 1 aromatic carbocycles. The van der Waals surface area contributed by atoms with Crippen molar-refractivity contribution >= 4 is 23.3 Å². The number of amides is 2. The predicted molar refractivity (Wildman–Crippen MR) is 97.8 cm³/mol. The molecule has 1 aliphatic heterocycles. The number of anilines is 1. The van der Waals surface area contributed by atoms with Crippen molar-refractivity contribution in [3.05, 3.63) is 51.8 Å². The number of aryl methyl sites for hydroxylation is 1. The summed E-state index contributed by atoms with van der Waals surface area (Å²) in [4.78, 5) is 37.3. The monoisotopic (exact) mass is 388 g/mol. The van der Waals surface area contributed by atoms with Gasteiger partial charge in [0.2, 0.25) is 5.91 Å². The highest BCUT2D eigenvalue weighted by atomic mass is 16.6. The van der Waals surface area contributed by atoms with Gasteiger partial charge in [-0.05, 0) is 25.8 Å². The third-order valence-corrected chi connectivity index (χ3v) is 4.43. The Bertz CT molecular complexity index is 861. The van der Waals surface area contributed by atoms with Gasteiger partial charge in [0.1, 0.15) is 12.8 Å². The topological polar surface area (TPSA) is 128 Å². The van der Waals surface area contributed by atoms with Crippen LogP contribution in [0, 0.1) is 17.0 Å². The van der Waals surface area contributed by atoms with Crippen LogP contribution < -0.4 is 5.32 Å². The van der Waals surface area contributed by atoms with Gasteiger partial charge >= 0.3 is 0 Å². The van der Waals surface area contributed by atoms with Crippen LogP contribution in [0.5, 0.6) is 0 Å². The van der Waals surface area contributed by atoms with E-state index in [0.29, 0.717) is 12.2 Å². The number of hydrogen-bond acceptors (Lipinski definition) is 7. The van der Waals surface area contributed by atoms with Gasteiger partial charge in [0, 0.05) is 36.4 Å². The Balaban J connectivity index is 1.78. The molecule has 2 aromatic rings. The molecule has 2 heterocycles. The van der Waals surface area contributed by atoms with Crippen LogP contribution in [0.2, 0.25) is 0 Å². The molecule has 0 aliphatic carbocycles. The Hall–Kier alpha value is -3.27. The lowest BCUT2D eigenvalue weighted by Crippen LogP contribution is -2.42. The number of hydrogen-bond donors (Lipinski definition) is 1. The molecular weight excluding hydrogens is 368 g/mol. The van der Waals surface area contributed by atoms with Crippen LogP contribution in [0.4, 0.5) is 11.5 Å². The maximum absolute atomic E-state index is 13.0. The van der Waals surface area contributed by atoms with Gasteiger partial charge in [0.15, 0.2) is 5.82 Å². The maximum Gasteiger partial charge on any atom is 0.273 e. The third-order valence-electron chi connectivity index (χ3n) is 4.43. The number of carbonyl (C=O) groups is 2. The first kappa shape index (κ1) is 19.5.